The maximum absolute atomic E-state index is 11.8. The predicted molar refractivity (Wildman–Crippen MR) is 62.6 cm³/mol. The van der Waals surface area contributed by atoms with E-state index in [2.05, 4.69) is 4.98 Å². The van der Waals surface area contributed by atoms with Crippen molar-refractivity contribution in [2.75, 3.05) is 14.1 Å². The molecule has 0 bridgehead atoms. The average molecular weight is 236 g/mol. The molecule has 2 aromatic rings. The maximum Gasteiger partial charge on any atom is 0.273 e. The second-order valence-electron chi connectivity index (χ2n) is 3.60. The van der Waals surface area contributed by atoms with E-state index in [0.717, 1.165) is 9.88 Å². The summed E-state index contributed by atoms with van der Waals surface area (Å²) in [6.45, 7) is 1.89. The number of amides is 1. The number of aromatic nitrogens is 1. The first kappa shape index (κ1) is 10.9. The molecule has 0 atom stereocenters. The number of carbonyl (C=O) groups excluding carboxylic acids is 1. The standard InChI is InChI=1S/C11H12N2O2S/c1-7-9(11(14)13(2)3)12-10(16-7)8-5-4-6-15-8/h4-6H,1-3H3. The molecule has 2 heterocycles. The number of hydrogen-bond acceptors (Lipinski definition) is 4. The Hall–Kier alpha value is -1.62. The monoisotopic (exact) mass is 236 g/mol. The summed E-state index contributed by atoms with van der Waals surface area (Å²) >= 11 is 1.47. The van der Waals surface area contributed by atoms with Gasteiger partial charge in [0.25, 0.3) is 5.91 Å². The van der Waals surface area contributed by atoms with E-state index >= 15 is 0 Å². The van der Waals surface area contributed by atoms with Crippen molar-refractivity contribution in [3.63, 3.8) is 0 Å². The molecule has 2 rings (SSSR count). The minimum absolute atomic E-state index is 0.0773. The zero-order chi connectivity index (χ0) is 11.7. The molecule has 0 aliphatic carbocycles. The first-order valence-corrected chi connectivity index (χ1v) is 5.64. The van der Waals surface area contributed by atoms with E-state index in [1.807, 2.05) is 13.0 Å². The van der Waals surface area contributed by atoms with Crippen LogP contribution >= 0.6 is 11.3 Å². The number of rotatable bonds is 2. The Kier molecular flexibility index (Phi) is 2.78. The summed E-state index contributed by atoms with van der Waals surface area (Å²) in [6.07, 6.45) is 1.60. The summed E-state index contributed by atoms with van der Waals surface area (Å²) < 4.78 is 5.25. The van der Waals surface area contributed by atoms with Crippen molar-refractivity contribution < 1.29 is 9.21 Å². The lowest BCUT2D eigenvalue weighted by Crippen LogP contribution is -2.22. The third-order valence-electron chi connectivity index (χ3n) is 2.14. The third kappa shape index (κ3) is 1.86. The smallest absolute Gasteiger partial charge is 0.273 e. The molecule has 0 spiro atoms. The maximum atomic E-state index is 11.8. The molecule has 0 unspecified atom stereocenters. The number of hydrogen-bond donors (Lipinski definition) is 0. The zero-order valence-corrected chi connectivity index (χ0v) is 10.2. The minimum atomic E-state index is -0.0773. The number of carbonyl (C=O) groups is 1. The SMILES string of the molecule is Cc1sc(-c2ccco2)nc1C(=O)N(C)C. The summed E-state index contributed by atoms with van der Waals surface area (Å²) in [7, 11) is 3.43. The van der Waals surface area contributed by atoms with Crippen LogP contribution in [-0.2, 0) is 0 Å². The Bertz CT molecular complexity index is 500. The van der Waals surface area contributed by atoms with E-state index in [4.69, 9.17) is 4.42 Å². The number of thiazole rings is 1. The predicted octanol–water partition coefficient (Wildman–Crippen LogP) is 2.41. The van der Waals surface area contributed by atoms with Crippen LogP contribution in [0.25, 0.3) is 10.8 Å². The molecule has 0 radical (unpaired) electrons. The lowest BCUT2D eigenvalue weighted by molar-refractivity contribution is 0.0822. The zero-order valence-electron chi connectivity index (χ0n) is 9.35. The van der Waals surface area contributed by atoms with Crippen LogP contribution in [0.3, 0.4) is 0 Å². The van der Waals surface area contributed by atoms with Crippen LogP contribution in [0.5, 0.6) is 0 Å². The summed E-state index contributed by atoms with van der Waals surface area (Å²) in [4.78, 5) is 18.5. The van der Waals surface area contributed by atoms with Gasteiger partial charge in [0.1, 0.15) is 5.69 Å². The van der Waals surface area contributed by atoms with Crippen LogP contribution in [0.4, 0.5) is 0 Å². The van der Waals surface area contributed by atoms with Gasteiger partial charge in [-0.25, -0.2) is 4.98 Å². The van der Waals surface area contributed by atoms with Gasteiger partial charge in [-0.05, 0) is 19.1 Å². The second-order valence-corrected chi connectivity index (χ2v) is 4.80. The molecule has 0 N–H and O–H groups in total. The van der Waals surface area contributed by atoms with Gasteiger partial charge >= 0.3 is 0 Å². The van der Waals surface area contributed by atoms with E-state index in [-0.39, 0.29) is 5.91 Å². The van der Waals surface area contributed by atoms with Gasteiger partial charge in [0.05, 0.1) is 6.26 Å². The largest absolute Gasteiger partial charge is 0.462 e. The molecule has 16 heavy (non-hydrogen) atoms. The van der Waals surface area contributed by atoms with Crippen LogP contribution in [0, 0.1) is 6.92 Å². The highest BCUT2D eigenvalue weighted by molar-refractivity contribution is 7.15. The van der Waals surface area contributed by atoms with Crippen molar-refractivity contribution in [3.05, 3.63) is 29.0 Å². The first-order valence-electron chi connectivity index (χ1n) is 4.82. The van der Waals surface area contributed by atoms with Gasteiger partial charge in [-0.3, -0.25) is 4.79 Å². The van der Waals surface area contributed by atoms with Crippen molar-refractivity contribution in [2.45, 2.75) is 6.92 Å². The molecule has 84 valence electrons. The Morgan fingerprint density at radius 3 is 2.81 bits per heavy atom. The fourth-order valence-electron chi connectivity index (χ4n) is 1.31. The van der Waals surface area contributed by atoms with Gasteiger partial charge in [0.15, 0.2) is 10.8 Å². The molecule has 4 nitrogen and oxygen atoms in total. The van der Waals surface area contributed by atoms with Crippen LogP contribution in [0.1, 0.15) is 15.4 Å². The average Bonchev–Trinajstić information content (AvgIpc) is 2.84. The highest BCUT2D eigenvalue weighted by atomic mass is 32.1. The van der Waals surface area contributed by atoms with Crippen LogP contribution in [-0.4, -0.2) is 29.9 Å². The number of furan rings is 1. The van der Waals surface area contributed by atoms with Gasteiger partial charge in [0.2, 0.25) is 0 Å². The van der Waals surface area contributed by atoms with Crippen molar-refractivity contribution >= 4 is 17.2 Å². The first-order chi connectivity index (χ1) is 7.59. The molecule has 5 heteroatoms. The van der Waals surface area contributed by atoms with E-state index < -0.39 is 0 Å². The molecule has 1 amide bonds. The molecule has 0 saturated carbocycles. The Labute approximate surface area is 97.5 Å². The van der Waals surface area contributed by atoms with Gasteiger partial charge in [0, 0.05) is 19.0 Å². The molecule has 0 aliphatic heterocycles. The third-order valence-corrected chi connectivity index (χ3v) is 3.12. The van der Waals surface area contributed by atoms with Gasteiger partial charge in [-0.1, -0.05) is 0 Å². The van der Waals surface area contributed by atoms with Crippen molar-refractivity contribution in [1.29, 1.82) is 0 Å². The summed E-state index contributed by atoms with van der Waals surface area (Å²) in [5, 5.41) is 0.743. The molecular formula is C11H12N2O2S. The van der Waals surface area contributed by atoms with E-state index in [0.29, 0.717) is 11.5 Å². The lowest BCUT2D eigenvalue weighted by atomic mass is 10.3. The summed E-state index contributed by atoms with van der Waals surface area (Å²) in [5.41, 5.74) is 0.501. The number of aryl methyl sites for hydroxylation is 1. The second kappa shape index (κ2) is 4.09. The van der Waals surface area contributed by atoms with Crippen LogP contribution in [0.2, 0.25) is 0 Å². The fraction of sp³-hybridized carbons (Fsp3) is 0.273. The highest BCUT2D eigenvalue weighted by Crippen LogP contribution is 2.28. The van der Waals surface area contributed by atoms with E-state index in [1.165, 1.54) is 16.2 Å². The van der Waals surface area contributed by atoms with Gasteiger partial charge in [-0.2, -0.15) is 0 Å². The topological polar surface area (TPSA) is 46.3 Å². The Balaban J connectivity index is 2.40. The molecule has 2 aromatic heterocycles. The molecular weight excluding hydrogens is 224 g/mol. The minimum Gasteiger partial charge on any atom is -0.462 e. The van der Waals surface area contributed by atoms with Gasteiger partial charge < -0.3 is 9.32 Å². The number of nitrogens with zero attached hydrogens (tertiary/aromatic N) is 2. The normalized spacial score (nSPS) is 10.4. The Morgan fingerprint density at radius 1 is 1.50 bits per heavy atom. The van der Waals surface area contributed by atoms with Crippen LogP contribution < -0.4 is 0 Å². The van der Waals surface area contributed by atoms with Crippen molar-refractivity contribution in [2.24, 2.45) is 0 Å². The van der Waals surface area contributed by atoms with Crippen molar-refractivity contribution in [1.82, 2.24) is 9.88 Å². The molecule has 0 aliphatic rings. The van der Waals surface area contributed by atoms with Crippen molar-refractivity contribution in [3.8, 4) is 10.8 Å². The molecule has 0 saturated heterocycles. The molecule has 0 aromatic carbocycles. The lowest BCUT2D eigenvalue weighted by Gasteiger charge is -2.07. The highest BCUT2D eigenvalue weighted by Gasteiger charge is 2.18. The van der Waals surface area contributed by atoms with Crippen LogP contribution in [0.15, 0.2) is 22.8 Å². The van der Waals surface area contributed by atoms with E-state index in [1.54, 1.807) is 26.4 Å². The Morgan fingerprint density at radius 2 is 2.25 bits per heavy atom. The quantitative estimate of drug-likeness (QED) is 0.804. The fourth-order valence-corrected chi connectivity index (χ4v) is 2.19. The van der Waals surface area contributed by atoms with E-state index in [9.17, 15) is 4.79 Å². The van der Waals surface area contributed by atoms with Gasteiger partial charge in [-0.15, -0.1) is 11.3 Å². The molecule has 0 fully saturated rings. The summed E-state index contributed by atoms with van der Waals surface area (Å²) in [6, 6.07) is 3.64. The summed E-state index contributed by atoms with van der Waals surface area (Å²) in [5.74, 6) is 0.623.